The van der Waals surface area contributed by atoms with Crippen LogP contribution in [0.3, 0.4) is 0 Å². The SMILES string of the molecule is COCCN(CC(=O)N1N=C(c2cccs2)C[C@@H]1c1ccc(Cl)cc1)C(=O)Nc1ccc(C(F)(F)F)cc1. The van der Waals surface area contributed by atoms with Gasteiger partial charge in [-0.1, -0.05) is 29.8 Å². The van der Waals surface area contributed by atoms with E-state index in [1.165, 1.54) is 28.4 Å². The highest BCUT2D eigenvalue weighted by Gasteiger charge is 2.35. The van der Waals surface area contributed by atoms with Crippen LogP contribution in [0, 0.1) is 0 Å². The molecule has 38 heavy (non-hydrogen) atoms. The quantitative estimate of drug-likeness (QED) is 0.350. The molecule has 1 N–H and O–H groups in total. The highest BCUT2D eigenvalue weighted by Crippen LogP contribution is 2.34. The van der Waals surface area contributed by atoms with E-state index in [-0.39, 0.29) is 31.4 Å². The fraction of sp³-hybridized carbons (Fsp3) is 0.269. The number of ether oxygens (including phenoxy) is 1. The molecule has 0 aliphatic carbocycles. The first-order chi connectivity index (χ1) is 18.2. The topological polar surface area (TPSA) is 74.2 Å². The molecule has 0 fully saturated rings. The van der Waals surface area contributed by atoms with Crippen molar-refractivity contribution in [3.05, 3.63) is 87.1 Å². The zero-order chi connectivity index (χ0) is 27.3. The standard InChI is InChI=1S/C26H24ClF3N4O3S/c1-37-13-12-33(25(36)31-20-10-6-18(7-11-20)26(28,29)30)16-24(35)34-22(17-4-8-19(27)9-5-17)15-21(32-34)23-3-2-14-38-23/h2-11,14,22H,12-13,15-16H2,1H3,(H,31,36)/t22-/m1/s1. The number of hydrogen-bond acceptors (Lipinski definition) is 5. The van der Waals surface area contributed by atoms with Crippen molar-refractivity contribution in [3.63, 3.8) is 0 Å². The van der Waals surface area contributed by atoms with E-state index in [2.05, 4.69) is 10.4 Å². The lowest BCUT2D eigenvalue weighted by Gasteiger charge is -2.27. The Kier molecular flexibility index (Phi) is 8.70. The van der Waals surface area contributed by atoms with Crippen LogP contribution >= 0.6 is 22.9 Å². The van der Waals surface area contributed by atoms with Crippen molar-refractivity contribution < 1.29 is 27.5 Å². The fourth-order valence-corrected chi connectivity index (χ4v) is 4.76. The van der Waals surface area contributed by atoms with Crippen LogP contribution in [0.2, 0.25) is 5.02 Å². The maximum absolute atomic E-state index is 13.5. The molecule has 0 bridgehead atoms. The molecule has 0 radical (unpaired) electrons. The van der Waals surface area contributed by atoms with Crippen LogP contribution in [0.5, 0.6) is 0 Å². The van der Waals surface area contributed by atoms with Crippen LogP contribution in [0.1, 0.15) is 28.5 Å². The summed E-state index contributed by atoms with van der Waals surface area (Å²) in [6.07, 6.45) is -4.00. The van der Waals surface area contributed by atoms with Crippen molar-refractivity contribution in [3.8, 4) is 0 Å². The molecule has 2 aromatic carbocycles. The first-order valence-corrected chi connectivity index (χ1v) is 12.8. The molecule has 7 nitrogen and oxygen atoms in total. The number of halogens is 4. The Morgan fingerprint density at radius 3 is 2.47 bits per heavy atom. The zero-order valence-corrected chi connectivity index (χ0v) is 21.8. The monoisotopic (exact) mass is 564 g/mol. The number of rotatable bonds is 8. The lowest BCUT2D eigenvalue weighted by molar-refractivity contribution is -0.137. The normalized spacial score (nSPS) is 15.3. The summed E-state index contributed by atoms with van der Waals surface area (Å²) in [4.78, 5) is 28.7. The van der Waals surface area contributed by atoms with Crippen molar-refractivity contribution in [1.82, 2.24) is 9.91 Å². The maximum Gasteiger partial charge on any atom is 0.416 e. The van der Waals surface area contributed by atoms with Crippen LogP contribution in [-0.2, 0) is 15.7 Å². The number of hydrogen-bond donors (Lipinski definition) is 1. The molecule has 0 saturated carbocycles. The smallest absolute Gasteiger partial charge is 0.383 e. The number of anilines is 1. The number of methoxy groups -OCH3 is 1. The van der Waals surface area contributed by atoms with Crippen molar-refractivity contribution in [1.29, 1.82) is 0 Å². The molecular formula is C26H24ClF3N4O3S. The Morgan fingerprint density at radius 2 is 1.87 bits per heavy atom. The van der Waals surface area contributed by atoms with Gasteiger partial charge in [0, 0.05) is 30.8 Å². The Morgan fingerprint density at radius 1 is 1.16 bits per heavy atom. The number of amides is 3. The summed E-state index contributed by atoms with van der Waals surface area (Å²) in [6, 6.07) is 14.0. The molecule has 4 rings (SSSR count). The van der Waals surface area contributed by atoms with Gasteiger partial charge in [0.15, 0.2) is 0 Å². The van der Waals surface area contributed by atoms with Crippen LogP contribution < -0.4 is 5.32 Å². The predicted molar refractivity (Wildman–Crippen MR) is 140 cm³/mol. The Balaban J connectivity index is 1.53. The average Bonchev–Trinajstić information content (AvgIpc) is 3.57. The van der Waals surface area contributed by atoms with Gasteiger partial charge in [-0.3, -0.25) is 4.79 Å². The lowest BCUT2D eigenvalue weighted by atomic mass is 10.0. The highest BCUT2D eigenvalue weighted by molar-refractivity contribution is 7.12. The molecule has 0 saturated heterocycles. The van der Waals surface area contributed by atoms with E-state index in [1.807, 2.05) is 29.6 Å². The van der Waals surface area contributed by atoms with Gasteiger partial charge in [-0.15, -0.1) is 11.3 Å². The second-order valence-electron chi connectivity index (χ2n) is 8.45. The number of hydrazone groups is 1. The molecule has 1 aliphatic rings. The van der Waals surface area contributed by atoms with Crippen LogP contribution in [0.15, 0.2) is 71.1 Å². The van der Waals surface area contributed by atoms with Crippen LogP contribution in [0.4, 0.5) is 23.7 Å². The molecular weight excluding hydrogens is 541 g/mol. The Hall–Kier alpha value is -3.41. The van der Waals surface area contributed by atoms with Gasteiger partial charge in [0.25, 0.3) is 5.91 Å². The largest absolute Gasteiger partial charge is 0.416 e. The lowest BCUT2D eigenvalue weighted by Crippen LogP contribution is -2.44. The van der Waals surface area contributed by atoms with E-state index in [9.17, 15) is 22.8 Å². The summed E-state index contributed by atoms with van der Waals surface area (Å²) < 4.78 is 43.7. The predicted octanol–water partition coefficient (Wildman–Crippen LogP) is 6.28. The summed E-state index contributed by atoms with van der Waals surface area (Å²) in [6.45, 7) is -0.0885. The summed E-state index contributed by atoms with van der Waals surface area (Å²) in [5.41, 5.74) is 0.932. The van der Waals surface area contributed by atoms with E-state index >= 15 is 0 Å². The summed E-state index contributed by atoms with van der Waals surface area (Å²) in [5, 5.41) is 11.0. The third-order valence-corrected chi connectivity index (χ3v) is 7.04. The van der Waals surface area contributed by atoms with Gasteiger partial charge >= 0.3 is 12.2 Å². The Labute approximate surface area is 226 Å². The van der Waals surface area contributed by atoms with Crippen LogP contribution in [0.25, 0.3) is 0 Å². The third-order valence-electron chi connectivity index (χ3n) is 5.87. The second-order valence-corrected chi connectivity index (χ2v) is 9.84. The number of nitrogens with one attached hydrogen (secondary N) is 1. The molecule has 1 aliphatic heterocycles. The van der Waals surface area contributed by atoms with Crippen molar-refractivity contribution >= 4 is 46.3 Å². The van der Waals surface area contributed by atoms with Gasteiger partial charge < -0.3 is 15.0 Å². The van der Waals surface area contributed by atoms with E-state index in [0.717, 1.165) is 40.4 Å². The zero-order valence-electron chi connectivity index (χ0n) is 20.2. The minimum atomic E-state index is -4.49. The number of nitrogens with zero attached hydrogens (tertiary/aromatic N) is 3. The molecule has 12 heteroatoms. The van der Waals surface area contributed by atoms with E-state index in [4.69, 9.17) is 16.3 Å². The number of carbonyl (C=O) groups excluding carboxylic acids is 2. The van der Waals surface area contributed by atoms with Gasteiger partial charge in [0.1, 0.15) is 6.54 Å². The average molecular weight is 565 g/mol. The first kappa shape index (κ1) is 27.6. The summed E-state index contributed by atoms with van der Waals surface area (Å²) >= 11 is 7.57. The molecule has 200 valence electrons. The number of benzene rings is 2. The fourth-order valence-electron chi connectivity index (χ4n) is 3.91. The summed E-state index contributed by atoms with van der Waals surface area (Å²) in [5.74, 6) is -0.421. The van der Waals surface area contributed by atoms with E-state index in [0.29, 0.717) is 11.4 Å². The van der Waals surface area contributed by atoms with Gasteiger partial charge in [0.2, 0.25) is 0 Å². The second kappa shape index (κ2) is 12.0. The molecule has 3 amide bonds. The Bertz CT molecular complexity index is 1280. The first-order valence-electron chi connectivity index (χ1n) is 11.6. The summed E-state index contributed by atoms with van der Waals surface area (Å²) in [7, 11) is 1.46. The van der Waals surface area contributed by atoms with Gasteiger partial charge in [-0.2, -0.15) is 18.3 Å². The van der Waals surface area contributed by atoms with Crippen molar-refractivity contribution in [2.24, 2.45) is 5.10 Å². The molecule has 0 unspecified atom stereocenters. The van der Waals surface area contributed by atoms with E-state index in [1.54, 1.807) is 12.1 Å². The van der Waals surface area contributed by atoms with Gasteiger partial charge in [-0.25, -0.2) is 9.80 Å². The third kappa shape index (κ3) is 6.72. The van der Waals surface area contributed by atoms with Crippen molar-refractivity contribution in [2.45, 2.75) is 18.6 Å². The van der Waals surface area contributed by atoms with Gasteiger partial charge in [0.05, 0.1) is 28.8 Å². The van der Waals surface area contributed by atoms with E-state index < -0.39 is 23.7 Å². The minimum absolute atomic E-state index is 0.0790. The van der Waals surface area contributed by atoms with Gasteiger partial charge in [-0.05, 0) is 53.4 Å². The molecule has 1 aromatic heterocycles. The van der Waals surface area contributed by atoms with Crippen molar-refractivity contribution in [2.75, 3.05) is 32.1 Å². The molecule has 3 aromatic rings. The highest BCUT2D eigenvalue weighted by atomic mass is 35.5. The molecule has 2 heterocycles. The maximum atomic E-state index is 13.5. The minimum Gasteiger partial charge on any atom is -0.383 e. The number of carbonyl (C=O) groups is 2. The molecule has 1 atom stereocenters. The number of alkyl halides is 3. The number of urea groups is 1. The number of thiophene rings is 1. The molecule has 0 spiro atoms. The van der Waals surface area contributed by atoms with Crippen LogP contribution in [-0.4, -0.2) is 54.4 Å².